The van der Waals surface area contributed by atoms with Gasteiger partial charge in [-0.1, -0.05) is 11.6 Å². The third kappa shape index (κ3) is 2.32. The maximum atomic E-state index is 11.1. The topological polar surface area (TPSA) is 58.4 Å². The Morgan fingerprint density at radius 1 is 1.50 bits per heavy atom. The van der Waals surface area contributed by atoms with E-state index in [1.165, 1.54) is 0 Å². The number of aromatic nitrogens is 2. The number of carbonyl (C=O) groups excluding carboxylic acids is 1. The van der Waals surface area contributed by atoms with Gasteiger partial charge < -0.3 is 15.0 Å². The fraction of sp³-hybridized carbons (Fsp3) is 0.333. The average Bonchev–Trinajstić information content (AvgIpc) is 2.92. The second kappa shape index (κ2) is 4.59. The maximum absolute atomic E-state index is 11.1. The first-order valence-electron chi connectivity index (χ1n) is 5.84. The van der Waals surface area contributed by atoms with Gasteiger partial charge >= 0.3 is 0 Å². The molecule has 1 aliphatic heterocycles. The molecule has 1 unspecified atom stereocenters. The number of imidazole rings is 1. The number of pyridine rings is 1. The lowest BCUT2D eigenvalue weighted by molar-refractivity contribution is -0.119. The first-order chi connectivity index (χ1) is 8.70. The summed E-state index contributed by atoms with van der Waals surface area (Å²) in [6.45, 7) is 1.34. The highest BCUT2D eigenvalue weighted by atomic mass is 35.5. The number of carbonyl (C=O) groups is 1. The van der Waals surface area contributed by atoms with Gasteiger partial charge in [0.2, 0.25) is 5.91 Å². The largest absolute Gasteiger partial charge is 0.354 e. The van der Waals surface area contributed by atoms with E-state index in [0.717, 1.165) is 11.3 Å². The molecule has 2 aromatic heterocycles. The maximum Gasteiger partial charge on any atom is 0.221 e. The molecule has 1 saturated heterocycles. The molecule has 1 aliphatic rings. The molecule has 1 fully saturated rings. The lowest BCUT2D eigenvalue weighted by Gasteiger charge is -2.07. The van der Waals surface area contributed by atoms with Crippen molar-refractivity contribution in [2.24, 2.45) is 0 Å². The van der Waals surface area contributed by atoms with Crippen LogP contribution in [0.2, 0.25) is 5.02 Å². The highest BCUT2D eigenvalue weighted by molar-refractivity contribution is 6.30. The zero-order valence-corrected chi connectivity index (χ0v) is 10.4. The van der Waals surface area contributed by atoms with Crippen LogP contribution in [0.25, 0.3) is 5.65 Å². The van der Waals surface area contributed by atoms with E-state index in [9.17, 15) is 4.79 Å². The van der Waals surface area contributed by atoms with Crippen molar-refractivity contribution in [3.63, 3.8) is 0 Å². The standard InChI is InChI=1S/C12H13ClN4O/c13-8-1-2-11-16-10(7-17(11)6-8)5-14-9-3-12(18)15-4-9/h1-2,6-7,9,14H,3-5H2,(H,15,18). The molecule has 6 heteroatoms. The quantitative estimate of drug-likeness (QED) is 0.868. The summed E-state index contributed by atoms with van der Waals surface area (Å²) in [6, 6.07) is 3.90. The number of hydrogen-bond acceptors (Lipinski definition) is 3. The first kappa shape index (κ1) is 11.5. The number of rotatable bonds is 3. The van der Waals surface area contributed by atoms with Crippen LogP contribution in [0.1, 0.15) is 12.1 Å². The van der Waals surface area contributed by atoms with Crippen LogP contribution in [0.4, 0.5) is 0 Å². The third-order valence-electron chi connectivity index (χ3n) is 3.01. The van der Waals surface area contributed by atoms with Crippen LogP contribution in [0.5, 0.6) is 0 Å². The molecule has 0 saturated carbocycles. The van der Waals surface area contributed by atoms with Crippen molar-refractivity contribution in [3.8, 4) is 0 Å². The number of fused-ring (bicyclic) bond motifs is 1. The molecule has 1 amide bonds. The van der Waals surface area contributed by atoms with Crippen molar-refractivity contribution in [1.82, 2.24) is 20.0 Å². The van der Waals surface area contributed by atoms with E-state index in [0.29, 0.717) is 24.5 Å². The Hall–Kier alpha value is -1.59. The summed E-state index contributed by atoms with van der Waals surface area (Å²) in [7, 11) is 0. The normalized spacial score (nSPS) is 19.4. The number of halogens is 1. The van der Waals surface area contributed by atoms with Crippen LogP contribution >= 0.6 is 11.6 Å². The molecule has 1 atom stereocenters. The van der Waals surface area contributed by atoms with Gasteiger partial charge in [-0.25, -0.2) is 4.98 Å². The predicted octanol–water partition coefficient (Wildman–Crippen LogP) is 0.966. The number of hydrogen-bond donors (Lipinski definition) is 2. The fourth-order valence-electron chi connectivity index (χ4n) is 2.10. The Morgan fingerprint density at radius 2 is 2.39 bits per heavy atom. The molecule has 0 bridgehead atoms. The van der Waals surface area contributed by atoms with E-state index in [-0.39, 0.29) is 11.9 Å². The van der Waals surface area contributed by atoms with Gasteiger partial charge in [0, 0.05) is 37.9 Å². The molecule has 0 aliphatic carbocycles. The molecule has 0 aromatic carbocycles. The third-order valence-corrected chi connectivity index (χ3v) is 3.24. The van der Waals surface area contributed by atoms with Gasteiger partial charge in [0.25, 0.3) is 0 Å². The molecule has 3 heterocycles. The summed E-state index contributed by atoms with van der Waals surface area (Å²) in [4.78, 5) is 15.5. The molecule has 18 heavy (non-hydrogen) atoms. The predicted molar refractivity (Wildman–Crippen MR) is 68.5 cm³/mol. The van der Waals surface area contributed by atoms with E-state index < -0.39 is 0 Å². The number of nitrogens with zero attached hydrogens (tertiary/aromatic N) is 2. The van der Waals surface area contributed by atoms with Crippen LogP contribution in [0.3, 0.4) is 0 Å². The molecule has 3 rings (SSSR count). The summed E-state index contributed by atoms with van der Waals surface area (Å²) in [5, 5.41) is 6.79. The van der Waals surface area contributed by atoms with Gasteiger partial charge in [-0.2, -0.15) is 0 Å². The van der Waals surface area contributed by atoms with Crippen LogP contribution in [0, 0.1) is 0 Å². The monoisotopic (exact) mass is 264 g/mol. The Morgan fingerprint density at radius 3 is 3.17 bits per heavy atom. The highest BCUT2D eigenvalue weighted by Crippen LogP contribution is 2.12. The van der Waals surface area contributed by atoms with Gasteiger partial charge in [-0.05, 0) is 12.1 Å². The minimum atomic E-state index is 0.106. The van der Waals surface area contributed by atoms with Crippen molar-refractivity contribution in [2.75, 3.05) is 6.54 Å². The molecule has 0 radical (unpaired) electrons. The van der Waals surface area contributed by atoms with E-state index >= 15 is 0 Å². The Kier molecular flexibility index (Phi) is 2.93. The number of nitrogens with one attached hydrogen (secondary N) is 2. The summed E-state index contributed by atoms with van der Waals surface area (Å²) in [6.07, 6.45) is 4.31. The minimum absolute atomic E-state index is 0.106. The summed E-state index contributed by atoms with van der Waals surface area (Å²) in [5.41, 5.74) is 1.81. The SMILES string of the molecule is O=C1CC(NCc2cn3cc(Cl)ccc3n2)CN1. The molecular formula is C12H13ClN4O. The molecule has 0 spiro atoms. The van der Waals surface area contributed by atoms with Gasteiger partial charge in [0.1, 0.15) is 5.65 Å². The van der Waals surface area contributed by atoms with Gasteiger partial charge in [0.05, 0.1) is 10.7 Å². The molecule has 5 nitrogen and oxygen atoms in total. The lowest BCUT2D eigenvalue weighted by Crippen LogP contribution is -2.30. The molecular weight excluding hydrogens is 252 g/mol. The van der Waals surface area contributed by atoms with Gasteiger partial charge in [-0.15, -0.1) is 0 Å². The van der Waals surface area contributed by atoms with E-state index in [2.05, 4.69) is 15.6 Å². The van der Waals surface area contributed by atoms with Crippen molar-refractivity contribution in [1.29, 1.82) is 0 Å². The average molecular weight is 265 g/mol. The van der Waals surface area contributed by atoms with Crippen molar-refractivity contribution >= 4 is 23.2 Å². The second-order valence-electron chi connectivity index (χ2n) is 4.43. The fourth-order valence-corrected chi connectivity index (χ4v) is 2.27. The van der Waals surface area contributed by atoms with Crippen LogP contribution < -0.4 is 10.6 Å². The Labute approximate surface area is 109 Å². The van der Waals surface area contributed by atoms with Gasteiger partial charge in [0.15, 0.2) is 0 Å². The zero-order chi connectivity index (χ0) is 12.5. The summed E-state index contributed by atoms with van der Waals surface area (Å²) in [5.74, 6) is 0.106. The van der Waals surface area contributed by atoms with Crippen LogP contribution in [-0.4, -0.2) is 27.9 Å². The van der Waals surface area contributed by atoms with Crippen LogP contribution in [-0.2, 0) is 11.3 Å². The Bertz CT molecular complexity index is 595. The van der Waals surface area contributed by atoms with Crippen LogP contribution in [0.15, 0.2) is 24.5 Å². The molecule has 2 N–H and O–H groups in total. The lowest BCUT2D eigenvalue weighted by atomic mass is 10.2. The smallest absolute Gasteiger partial charge is 0.221 e. The van der Waals surface area contributed by atoms with Gasteiger partial charge in [-0.3, -0.25) is 4.79 Å². The molecule has 94 valence electrons. The summed E-state index contributed by atoms with van der Waals surface area (Å²) >= 11 is 5.91. The van der Waals surface area contributed by atoms with Crippen molar-refractivity contribution < 1.29 is 4.79 Å². The minimum Gasteiger partial charge on any atom is -0.354 e. The van der Waals surface area contributed by atoms with E-state index in [1.54, 1.807) is 0 Å². The molecule has 2 aromatic rings. The highest BCUT2D eigenvalue weighted by Gasteiger charge is 2.20. The van der Waals surface area contributed by atoms with E-state index in [4.69, 9.17) is 11.6 Å². The summed E-state index contributed by atoms with van der Waals surface area (Å²) < 4.78 is 1.90. The Balaban J connectivity index is 1.69. The number of amides is 1. The first-order valence-corrected chi connectivity index (χ1v) is 6.22. The van der Waals surface area contributed by atoms with E-state index in [1.807, 2.05) is 28.9 Å². The zero-order valence-electron chi connectivity index (χ0n) is 9.69. The second-order valence-corrected chi connectivity index (χ2v) is 4.87. The van der Waals surface area contributed by atoms with Crippen molar-refractivity contribution in [3.05, 3.63) is 35.2 Å². The van der Waals surface area contributed by atoms with Crippen molar-refractivity contribution in [2.45, 2.75) is 19.0 Å².